The second-order valence-electron chi connectivity index (χ2n) is 6.54. The second kappa shape index (κ2) is 6.25. The van der Waals surface area contributed by atoms with Gasteiger partial charge in [0.15, 0.2) is 5.58 Å². The van der Waals surface area contributed by atoms with Crippen molar-refractivity contribution in [2.45, 2.75) is 0 Å². The molecule has 27 heavy (non-hydrogen) atoms. The zero-order valence-electron chi connectivity index (χ0n) is 14.8. The topological polar surface area (TPSA) is 43.9 Å². The third kappa shape index (κ3) is 2.81. The van der Waals surface area contributed by atoms with Gasteiger partial charge in [-0.2, -0.15) is 5.10 Å². The molecular weight excluding hydrogens is 334 g/mol. The van der Waals surface area contributed by atoms with Crippen LogP contribution in [-0.2, 0) is 7.05 Å². The maximum Gasteiger partial charge on any atom is 0.153 e. The zero-order chi connectivity index (χ0) is 18.2. The van der Waals surface area contributed by atoms with E-state index in [-0.39, 0.29) is 0 Å². The molecule has 3 heterocycles. The van der Waals surface area contributed by atoms with E-state index >= 15 is 0 Å². The van der Waals surface area contributed by atoms with Crippen molar-refractivity contribution >= 4 is 11.1 Å². The van der Waals surface area contributed by atoms with Gasteiger partial charge in [0.25, 0.3) is 0 Å². The van der Waals surface area contributed by atoms with Crippen molar-refractivity contribution in [1.82, 2.24) is 14.8 Å². The minimum Gasteiger partial charge on any atom is -0.462 e. The van der Waals surface area contributed by atoms with Crippen molar-refractivity contribution in [1.29, 1.82) is 0 Å². The fourth-order valence-corrected chi connectivity index (χ4v) is 3.30. The largest absolute Gasteiger partial charge is 0.462 e. The molecule has 0 spiro atoms. The Kier molecular flexibility index (Phi) is 3.61. The summed E-state index contributed by atoms with van der Waals surface area (Å²) >= 11 is 0. The van der Waals surface area contributed by atoms with E-state index in [2.05, 4.69) is 53.6 Å². The molecule has 0 amide bonds. The fourth-order valence-electron chi connectivity index (χ4n) is 3.30. The summed E-state index contributed by atoms with van der Waals surface area (Å²) in [5.74, 6) is 0. The highest BCUT2D eigenvalue weighted by Gasteiger charge is 2.12. The van der Waals surface area contributed by atoms with Crippen LogP contribution in [0.25, 0.3) is 44.6 Å². The highest BCUT2D eigenvalue weighted by atomic mass is 16.3. The lowest BCUT2D eigenvalue weighted by Crippen LogP contribution is -1.85. The van der Waals surface area contributed by atoms with Crippen molar-refractivity contribution in [2.24, 2.45) is 7.05 Å². The Hall–Kier alpha value is -3.66. The van der Waals surface area contributed by atoms with E-state index in [4.69, 9.17) is 9.40 Å². The average molecular weight is 351 g/mol. The smallest absolute Gasteiger partial charge is 0.153 e. The molecule has 0 aliphatic carbocycles. The average Bonchev–Trinajstić information content (AvgIpc) is 3.34. The molecule has 2 aromatic carbocycles. The maximum absolute atomic E-state index is 5.73. The van der Waals surface area contributed by atoms with Gasteiger partial charge in [-0.15, -0.1) is 0 Å². The van der Waals surface area contributed by atoms with Crippen molar-refractivity contribution in [3.8, 4) is 33.5 Å². The summed E-state index contributed by atoms with van der Waals surface area (Å²) in [6.07, 6.45) is 5.56. The molecule has 0 bridgehead atoms. The third-order valence-electron chi connectivity index (χ3n) is 4.72. The van der Waals surface area contributed by atoms with Gasteiger partial charge in [0.2, 0.25) is 0 Å². The minimum absolute atomic E-state index is 0.782. The Morgan fingerprint density at radius 1 is 0.778 bits per heavy atom. The van der Waals surface area contributed by atoms with Crippen LogP contribution in [0.4, 0.5) is 0 Å². The summed E-state index contributed by atoms with van der Waals surface area (Å²) in [7, 11) is 1.90. The van der Waals surface area contributed by atoms with E-state index in [0.717, 1.165) is 33.5 Å². The van der Waals surface area contributed by atoms with Crippen LogP contribution in [-0.4, -0.2) is 14.8 Å². The van der Waals surface area contributed by atoms with Crippen molar-refractivity contribution in [3.05, 3.63) is 85.4 Å². The van der Waals surface area contributed by atoms with E-state index in [1.807, 2.05) is 37.6 Å². The fraction of sp³-hybridized carbons (Fsp3) is 0.0435. The van der Waals surface area contributed by atoms with Crippen LogP contribution in [0.15, 0.2) is 89.8 Å². The van der Waals surface area contributed by atoms with E-state index in [9.17, 15) is 0 Å². The van der Waals surface area contributed by atoms with Gasteiger partial charge in [-0.05, 0) is 28.8 Å². The quantitative estimate of drug-likeness (QED) is 0.427. The summed E-state index contributed by atoms with van der Waals surface area (Å²) in [4.78, 5) is 4.83. The number of benzene rings is 2. The van der Waals surface area contributed by atoms with E-state index in [1.165, 1.54) is 11.1 Å². The molecule has 0 aliphatic heterocycles. The molecule has 0 N–H and O–H groups in total. The highest BCUT2D eigenvalue weighted by Crippen LogP contribution is 2.32. The number of aromatic nitrogens is 3. The summed E-state index contributed by atoms with van der Waals surface area (Å²) in [5, 5.41) is 4.23. The SMILES string of the molecule is Cn1cc(-c2ccc3occ(-c4ccc(-c5ccccc5)cc4)c3n2)cn1. The molecule has 0 atom stereocenters. The number of hydrogen-bond acceptors (Lipinski definition) is 3. The summed E-state index contributed by atoms with van der Waals surface area (Å²) in [5.41, 5.74) is 8.01. The number of nitrogens with zero attached hydrogens (tertiary/aromatic N) is 3. The van der Waals surface area contributed by atoms with Gasteiger partial charge in [0.05, 0.1) is 11.9 Å². The number of pyridine rings is 1. The van der Waals surface area contributed by atoms with E-state index < -0.39 is 0 Å². The molecule has 0 radical (unpaired) electrons. The number of furan rings is 1. The molecule has 0 saturated carbocycles. The Bertz CT molecular complexity index is 1220. The van der Waals surface area contributed by atoms with Crippen LogP contribution < -0.4 is 0 Å². The predicted octanol–water partition coefficient (Wildman–Crippen LogP) is 5.56. The summed E-state index contributed by atoms with van der Waals surface area (Å²) in [6.45, 7) is 0. The molecule has 130 valence electrons. The van der Waals surface area contributed by atoms with Crippen molar-refractivity contribution in [2.75, 3.05) is 0 Å². The normalized spacial score (nSPS) is 11.1. The molecule has 5 rings (SSSR count). The van der Waals surface area contributed by atoms with Gasteiger partial charge in [0.1, 0.15) is 11.8 Å². The first-order valence-electron chi connectivity index (χ1n) is 8.81. The maximum atomic E-state index is 5.73. The lowest BCUT2D eigenvalue weighted by Gasteiger charge is -2.04. The summed E-state index contributed by atoms with van der Waals surface area (Å²) < 4.78 is 7.51. The molecule has 5 aromatic rings. The van der Waals surface area contributed by atoms with Gasteiger partial charge in [-0.3, -0.25) is 4.68 Å². The third-order valence-corrected chi connectivity index (χ3v) is 4.72. The van der Waals surface area contributed by atoms with Crippen LogP contribution in [0.1, 0.15) is 0 Å². The van der Waals surface area contributed by atoms with Crippen molar-refractivity contribution < 1.29 is 4.42 Å². The monoisotopic (exact) mass is 351 g/mol. The van der Waals surface area contributed by atoms with Gasteiger partial charge >= 0.3 is 0 Å². The van der Waals surface area contributed by atoms with Gasteiger partial charge < -0.3 is 4.42 Å². The van der Waals surface area contributed by atoms with Crippen molar-refractivity contribution in [3.63, 3.8) is 0 Å². The first kappa shape index (κ1) is 15.6. The molecule has 0 aliphatic rings. The Labute approximate surface area is 156 Å². The van der Waals surface area contributed by atoms with E-state index in [0.29, 0.717) is 0 Å². The van der Waals surface area contributed by atoms with Crippen LogP contribution in [0, 0.1) is 0 Å². The predicted molar refractivity (Wildman–Crippen MR) is 107 cm³/mol. The minimum atomic E-state index is 0.782. The van der Waals surface area contributed by atoms with Crippen LogP contribution in [0.5, 0.6) is 0 Å². The van der Waals surface area contributed by atoms with E-state index in [1.54, 1.807) is 10.9 Å². The van der Waals surface area contributed by atoms with Crippen LogP contribution >= 0.6 is 0 Å². The second-order valence-corrected chi connectivity index (χ2v) is 6.54. The van der Waals surface area contributed by atoms with Gasteiger partial charge in [-0.1, -0.05) is 54.6 Å². The standard InChI is InChI=1S/C23H17N3O/c1-26-14-19(13-24-26)21-11-12-22-23(25-21)20(15-27-22)18-9-7-17(8-10-18)16-5-3-2-4-6-16/h2-15H,1H3. The number of fused-ring (bicyclic) bond motifs is 1. The van der Waals surface area contributed by atoms with Crippen LogP contribution in [0.3, 0.4) is 0 Å². The molecule has 0 unspecified atom stereocenters. The van der Waals surface area contributed by atoms with Crippen LogP contribution in [0.2, 0.25) is 0 Å². The lowest BCUT2D eigenvalue weighted by atomic mass is 10.0. The Balaban J connectivity index is 1.56. The molecule has 0 fully saturated rings. The number of hydrogen-bond donors (Lipinski definition) is 0. The van der Waals surface area contributed by atoms with Gasteiger partial charge in [0, 0.05) is 24.4 Å². The first-order valence-corrected chi connectivity index (χ1v) is 8.81. The summed E-state index contributed by atoms with van der Waals surface area (Å²) in [6, 6.07) is 22.8. The Morgan fingerprint density at radius 3 is 2.26 bits per heavy atom. The molecule has 4 nitrogen and oxygen atoms in total. The number of aryl methyl sites for hydroxylation is 1. The highest BCUT2D eigenvalue weighted by molar-refractivity contribution is 5.92. The molecule has 0 saturated heterocycles. The van der Waals surface area contributed by atoms with Gasteiger partial charge in [-0.25, -0.2) is 4.98 Å². The zero-order valence-corrected chi connectivity index (χ0v) is 14.8. The molecule has 3 aromatic heterocycles. The Morgan fingerprint density at radius 2 is 1.52 bits per heavy atom. The lowest BCUT2D eigenvalue weighted by molar-refractivity contribution is 0.616. The molecular formula is C23H17N3O. The number of rotatable bonds is 3. The first-order chi connectivity index (χ1) is 13.3. The molecule has 4 heteroatoms.